The number of aliphatic hydroxyl groups excluding tert-OH is 2. The SMILES string of the molecule is C=C(COc1ccc(C=O)cc1)OCC(O)CO. The molecule has 1 unspecified atom stereocenters. The fraction of sp³-hybridized carbons (Fsp3) is 0.308. The zero-order valence-electron chi connectivity index (χ0n) is 9.91. The average Bonchev–Trinajstić information content (AvgIpc) is 2.42. The molecule has 0 saturated carbocycles. The predicted octanol–water partition coefficient (Wildman–Crippen LogP) is 0.761. The third kappa shape index (κ3) is 4.99. The molecule has 0 bridgehead atoms. The maximum absolute atomic E-state index is 10.4. The Hall–Kier alpha value is -1.85. The molecule has 0 amide bonds. The smallest absolute Gasteiger partial charge is 0.150 e. The van der Waals surface area contributed by atoms with Crippen molar-refractivity contribution in [3.63, 3.8) is 0 Å². The van der Waals surface area contributed by atoms with Crippen LogP contribution in [0.3, 0.4) is 0 Å². The molecule has 5 heteroatoms. The Kier molecular flexibility index (Phi) is 5.90. The molecule has 1 aromatic carbocycles. The number of hydrogen-bond donors (Lipinski definition) is 2. The first-order valence-electron chi connectivity index (χ1n) is 5.43. The number of rotatable bonds is 8. The van der Waals surface area contributed by atoms with Crippen LogP contribution in [-0.4, -0.2) is 42.4 Å². The van der Waals surface area contributed by atoms with E-state index in [-0.39, 0.29) is 19.8 Å². The summed E-state index contributed by atoms with van der Waals surface area (Å²) >= 11 is 0. The quantitative estimate of drug-likeness (QED) is 0.527. The monoisotopic (exact) mass is 252 g/mol. The molecule has 98 valence electrons. The van der Waals surface area contributed by atoms with E-state index in [2.05, 4.69) is 6.58 Å². The summed E-state index contributed by atoms with van der Waals surface area (Å²) in [5.41, 5.74) is 0.573. The van der Waals surface area contributed by atoms with E-state index in [0.29, 0.717) is 17.1 Å². The first-order valence-corrected chi connectivity index (χ1v) is 5.43. The molecule has 18 heavy (non-hydrogen) atoms. The van der Waals surface area contributed by atoms with Crippen LogP contribution >= 0.6 is 0 Å². The topological polar surface area (TPSA) is 76.0 Å². The molecule has 0 heterocycles. The molecule has 2 N–H and O–H groups in total. The highest BCUT2D eigenvalue weighted by atomic mass is 16.5. The molecule has 0 aliphatic carbocycles. The van der Waals surface area contributed by atoms with E-state index in [4.69, 9.17) is 19.7 Å². The highest BCUT2D eigenvalue weighted by Crippen LogP contribution is 2.12. The Bertz CT molecular complexity index is 385. The van der Waals surface area contributed by atoms with Crippen molar-refractivity contribution >= 4 is 6.29 Å². The molecule has 0 fully saturated rings. The van der Waals surface area contributed by atoms with Crippen molar-refractivity contribution in [2.75, 3.05) is 19.8 Å². The molecule has 1 rings (SSSR count). The van der Waals surface area contributed by atoms with Crippen LogP contribution in [0, 0.1) is 0 Å². The van der Waals surface area contributed by atoms with Crippen molar-refractivity contribution in [2.45, 2.75) is 6.10 Å². The van der Waals surface area contributed by atoms with E-state index in [9.17, 15) is 4.79 Å². The van der Waals surface area contributed by atoms with Gasteiger partial charge in [-0.25, -0.2) is 0 Å². The summed E-state index contributed by atoms with van der Waals surface area (Å²) in [7, 11) is 0. The Labute approximate surface area is 105 Å². The van der Waals surface area contributed by atoms with Crippen molar-refractivity contribution in [1.82, 2.24) is 0 Å². The number of hydrogen-bond acceptors (Lipinski definition) is 5. The Morgan fingerprint density at radius 3 is 2.61 bits per heavy atom. The van der Waals surface area contributed by atoms with E-state index < -0.39 is 6.10 Å². The second-order valence-electron chi connectivity index (χ2n) is 3.66. The Balaban J connectivity index is 2.31. The van der Waals surface area contributed by atoms with Gasteiger partial charge in [0.15, 0.2) is 0 Å². The van der Waals surface area contributed by atoms with E-state index in [1.54, 1.807) is 24.3 Å². The maximum Gasteiger partial charge on any atom is 0.150 e. The summed E-state index contributed by atoms with van der Waals surface area (Å²) in [5.74, 6) is 0.940. The van der Waals surface area contributed by atoms with E-state index in [1.165, 1.54) is 0 Å². The van der Waals surface area contributed by atoms with Gasteiger partial charge in [-0.2, -0.15) is 0 Å². The lowest BCUT2D eigenvalue weighted by atomic mass is 10.2. The number of benzene rings is 1. The third-order valence-corrected chi connectivity index (χ3v) is 2.11. The average molecular weight is 252 g/mol. The van der Waals surface area contributed by atoms with Crippen LogP contribution in [0.1, 0.15) is 10.4 Å². The molecule has 0 spiro atoms. The lowest BCUT2D eigenvalue weighted by Gasteiger charge is -2.12. The molecule has 0 aliphatic rings. The van der Waals surface area contributed by atoms with Gasteiger partial charge >= 0.3 is 0 Å². The van der Waals surface area contributed by atoms with Crippen LogP contribution in [0.25, 0.3) is 0 Å². The summed E-state index contributed by atoms with van der Waals surface area (Å²) in [5, 5.41) is 17.6. The van der Waals surface area contributed by atoms with Crippen molar-refractivity contribution < 1.29 is 24.5 Å². The lowest BCUT2D eigenvalue weighted by Crippen LogP contribution is -2.20. The van der Waals surface area contributed by atoms with Crippen LogP contribution in [0.5, 0.6) is 5.75 Å². The molecule has 0 aliphatic heterocycles. The molecule has 5 nitrogen and oxygen atoms in total. The van der Waals surface area contributed by atoms with E-state index in [0.717, 1.165) is 6.29 Å². The van der Waals surface area contributed by atoms with Crippen molar-refractivity contribution in [1.29, 1.82) is 0 Å². The molecule has 0 aromatic heterocycles. The van der Waals surface area contributed by atoms with Gasteiger partial charge in [0.05, 0.1) is 6.61 Å². The van der Waals surface area contributed by atoms with Gasteiger partial charge < -0.3 is 19.7 Å². The zero-order chi connectivity index (χ0) is 13.4. The number of aldehydes is 1. The zero-order valence-corrected chi connectivity index (χ0v) is 9.91. The summed E-state index contributed by atoms with van der Waals surface area (Å²) in [6.45, 7) is 3.37. The van der Waals surface area contributed by atoms with Crippen LogP contribution in [0.2, 0.25) is 0 Å². The van der Waals surface area contributed by atoms with Crippen molar-refractivity contribution in [3.8, 4) is 5.75 Å². The van der Waals surface area contributed by atoms with Gasteiger partial charge in [0.25, 0.3) is 0 Å². The van der Waals surface area contributed by atoms with Crippen LogP contribution in [-0.2, 0) is 4.74 Å². The first kappa shape index (κ1) is 14.2. The molecule has 1 aromatic rings. The van der Waals surface area contributed by atoms with Crippen LogP contribution in [0.15, 0.2) is 36.6 Å². The standard InChI is InChI=1S/C13H16O5/c1-10(17-9-12(16)7-15)8-18-13-4-2-11(6-14)3-5-13/h2-6,12,15-16H,1,7-9H2. The number of carbonyl (C=O) groups excluding carboxylic acids is 1. The highest BCUT2D eigenvalue weighted by Gasteiger charge is 2.04. The Morgan fingerprint density at radius 2 is 2.06 bits per heavy atom. The molecular weight excluding hydrogens is 236 g/mol. The minimum absolute atomic E-state index is 0.0250. The minimum atomic E-state index is -0.923. The number of carbonyl (C=O) groups is 1. The molecule has 1 atom stereocenters. The van der Waals surface area contributed by atoms with Crippen molar-refractivity contribution in [3.05, 3.63) is 42.2 Å². The van der Waals surface area contributed by atoms with Gasteiger partial charge in [-0.15, -0.1) is 0 Å². The minimum Gasteiger partial charge on any atom is -0.492 e. The van der Waals surface area contributed by atoms with E-state index >= 15 is 0 Å². The molecule has 0 radical (unpaired) electrons. The van der Waals surface area contributed by atoms with Gasteiger partial charge in [-0.1, -0.05) is 6.58 Å². The second kappa shape index (κ2) is 7.47. The normalized spacial score (nSPS) is 11.7. The summed E-state index contributed by atoms with van der Waals surface area (Å²) < 4.78 is 10.4. The first-order chi connectivity index (χ1) is 8.65. The number of ether oxygens (including phenoxy) is 2. The van der Waals surface area contributed by atoms with Crippen molar-refractivity contribution in [2.24, 2.45) is 0 Å². The van der Waals surface area contributed by atoms with Gasteiger partial charge in [-0.3, -0.25) is 4.79 Å². The summed E-state index contributed by atoms with van der Waals surface area (Å²) in [6.07, 6.45) is -0.170. The van der Waals surface area contributed by atoms with Crippen LogP contribution < -0.4 is 4.74 Å². The highest BCUT2D eigenvalue weighted by molar-refractivity contribution is 5.74. The van der Waals surface area contributed by atoms with Crippen LogP contribution in [0.4, 0.5) is 0 Å². The fourth-order valence-corrected chi connectivity index (χ4v) is 1.11. The molecular formula is C13H16O5. The lowest BCUT2D eigenvalue weighted by molar-refractivity contribution is 0.0249. The Morgan fingerprint density at radius 1 is 1.39 bits per heavy atom. The third-order valence-electron chi connectivity index (χ3n) is 2.11. The fourth-order valence-electron chi connectivity index (χ4n) is 1.11. The summed E-state index contributed by atoms with van der Waals surface area (Å²) in [6, 6.07) is 6.61. The maximum atomic E-state index is 10.4. The second-order valence-corrected chi connectivity index (χ2v) is 3.66. The largest absolute Gasteiger partial charge is 0.492 e. The van der Waals surface area contributed by atoms with Gasteiger partial charge in [0.1, 0.15) is 37.1 Å². The number of aliphatic hydroxyl groups is 2. The van der Waals surface area contributed by atoms with Gasteiger partial charge in [-0.05, 0) is 24.3 Å². The molecule has 0 saturated heterocycles. The summed E-state index contributed by atoms with van der Waals surface area (Å²) in [4.78, 5) is 10.4. The van der Waals surface area contributed by atoms with Gasteiger partial charge in [0, 0.05) is 5.56 Å². The predicted molar refractivity (Wildman–Crippen MR) is 65.5 cm³/mol. The van der Waals surface area contributed by atoms with E-state index in [1.807, 2.05) is 0 Å². The van der Waals surface area contributed by atoms with Gasteiger partial charge in [0.2, 0.25) is 0 Å².